The molecule has 45 heavy (non-hydrogen) atoms. The van der Waals surface area contributed by atoms with E-state index in [0.717, 1.165) is 54.9 Å². The van der Waals surface area contributed by atoms with Gasteiger partial charge in [0.25, 0.3) is 5.91 Å². The summed E-state index contributed by atoms with van der Waals surface area (Å²) in [5.41, 5.74) is 6.94. The summed E-state index contributed by atoms with van der Waals surface area (Å²) in [5, 5.41) is 3.36. The lowest BCUT2D eigenvalue weighted by Crippen LogP contribution is -2.31. The van der Waals surface area contributed by atoms with Gasteiger partial charge in [-0.05, 0) is 48.4 Å². The fourth-order valence-electron chi connectivity index (χ4n) is 6.56. The minimum absolute atomic E-state index is 0.112. The standard InChI is InChI=1S/C35H34Cl2N6O2/c1-45-35-12-11-25(14-26(35)15-35)33-40-17-27(42-33)21-43(30-6-2-4-24-5-3-13-39-32(24)30)20-23-9-7-22(8-10-23)16-41-34(44)31-28(36)18-38-19-29(31)37/h3,5,7-14,17-19,26,30H,2,4,6,15-16,20-21H2,1H3,(H,40,42)(H,41,44). The van der Waals surface area contributed by atoms with E-state index in [1.54, 1.807) is 7.11 Å². The molecule has 7 rings (SSSR count). The second kappa shape index (κ2) is 12.5. The molecule has 3 aliphatic rings. The lowest BCUT2D eigenvalue weighted by Gasteiger charge is -2.35. The number of fused-ring (bicyclic) bond motifs is 2. The summed E-state index contributed by atoms with van der Waals surface area (Å²) in [6.07, 6.45) is 17.5. The van der Waals surface area contributed by atoms with Gasteiger partial charge in [0.15, 0.2) is 0 Å². The Labute approximate surface area is 272 Å². The number of carbonyl (C=O) groups excluding carboxylic acids is 1. The summed E-state index contributed by atoms with van der Waals surface area (Å²) in [4.78, 5) is 32.3. The number of halogens is 2. The van der Waals surface area contributed by atoms with Crippen molar-refractivity contribution in [2.75, 3.05) is 7.11 Å². The number of hydrogen-bond donors (Lipinski definition) is 2. The van der Waals surface area contributed by atoms with E-state index in [1.807, 2.05) is 30.6 Å². The molecule has 1 saturated carbocycles. The maximum Gasteiger partial charge on any atom is 0.254 e. The van der Waals surface area contributed by atoms with Crippen LogP contribution >= 0.6 is 23.2 Å². The van der Waals surface area contributed by atoms with Gasteiger partial charge in [-0.1, -0.05) is 71.8 Å². The normalized spacial score (nSPS) is 21.6. The van der Waals surface area contributed by atoms with Crippen LogP contribution in [0.5, 0.6) is 0 Å². The Morgan fingerprint density at radius 2 is 1.89 bits per heavy atom. The average Bonchev–Trinajstić information content (AvgIpc) is 3.61. The summed E-state index contributed by atoms with van der Waals surface area (Å²) >= 11 is 12.3. The topological polar surface area (TPSA) is 96.0 Å². The van der Waals surface area contributed by atoms with Crippen LogP contribution in [0.25, 0.3) is 5.57 Å². The number of imidazole rings is 1. The lowest BCUT2D eigenvalue weighted by molar-refractivity contribution is 0.0951. The molecule has 3 heterocycles. The Bertz CT molecular complexity index is 1760. The van der Waals surface area contributed by atoms with Crippen LogP contribution in [0.2, 0.25) is 10.0 Å². The zero-order valence-electron chi connectivity index (χ0n) is 25.0. The van der Waals surface area contributed by atoms with Gasteiger partial charge in [-0.15, -0.1) is 0 Å². The molecule has 0 radical (unpaired) electrons. The predicted molar refractivity (Wildman–Crippen MR) is 175 cm³/mol. The molecule has 3 atom stereocenters. The molecule has 0 aliphatic heterocycles. The van der Waals surface area contributed by atoms with E-state index in [4.69, 9.17) is 37.9 Å². The highest BCUT2D eigenvalue weighted by molar-refractivity contribution is 6.39. The third-order valence-electron chi connectivity index (χ3n) is 9.14. The SMILES string of the molecule is COC12C=CC(c3ncc(CN(Cc4ccc(CNC(=O)c5c(Cl)cncc5Cl)cc4)C4CCCc5cccnc54)[nH]3)=CC1C2. The van der Waals surface area contributed by atoms with Gasteiger partial charge in [-0.2, -0.15) is 0 Å². The van der Waals surface area contributed by atoms with Crippen molar-refractivity contribution in [2.24, 2.45) is 5.92 Å². The van der Waals surface area contributed by atoms with E-state index >= 15 is 0 Å². The van der Waals surface area contributed by atoms with Crippen LogP contribution in [0.1, 0.15) is 69.6 Å². The molecule has 0 saturated heterocycles. The number of hydrogen-bond acceptors (Lipinski definition) is 6. The van der Waals surface area contributed by atoms with Crippen LogP contribution < -0.4 is 5.32 Å². The molecular formula is C35H34Cl2N6O2. The van der Waals surface area contributed by atoms with Gasteiger partial charge in [0.1, 0.15) is 5.82 Å². The first kappa shape index (κ1) is 29.9. The number of aromatic nitrogens is 4. The number of allylic oxidation sites excluding steroid dienone is 2. The monoisotopic (exact) mass is 640 g/mol. The zero-order valence-corrected chi connectivity index (χ0v) is 26.5. The minimum atomic E-state index is -0.334. The number of ether oxygens (including phenoxy) is 1. The Kier molecular flexibility index (Phi) is 8.31. The van der Waals surface area contributed by atoms with Gasteiger partial charge in [-0.3, -0.25) is 19.7 Å². The molecule has 3 aliphatic carbocycles. The van der Waals surface area contributed by atoms with Crippen molar-refractivity contribution in [2.45, 2.75) is 57.0 Å². The number of rotatable bonds is 10. The third-order valence-corrected chi connectivity index (χ3v) is 9.71. The number of aromatic amines is 1. The summed E-state index contributed by atoms with van der Waals surface area (Å²) in [6.45, 7) is 1.80. The van der Waals surface area contributed by atoms with Crippen molar-refractivity contribution in [1.29, 1.82) is 0 Å². The van der Waals surface area contributed by atoms with Crippen molar-refractivity contribution < 1.29 is 9.53 Å². The highest BCUT2D eigenvalue weighted by Gasteiger charge is 2.53. The smallest absolute Gasteiger partial charge is 0.254 e. The van der Waals surface area contributed by atoms with Gasteiger partial charge in [0.05, 0.1) is 32.9 Å². The molecule has 3 aromatic heterocycles. The van der Waals surface area contributed by atoms with E-state index in [0.29, 0.717) is 19.0 Å². The number of carbonyl (C=O) groups is 1. The summed E-state index contributed by atoms with van der Waals surface area (Å²) in [7, 11) is 1.78. The van der Waals surface area contributed by atoms with Gasteiger partial charge in [-0.25, -0.2) is 4.98 Å². The van der Waals surface area contributed by atoms with E-state index in [2.05, 4.69) is 56.6 Å². The first-order chi connectivity index (χ1) is 21.9. The molecule has 1 aromatic carbocycles. The molecule has 10 heteroatoms. The number of amides is 1. The van der Waals surface area contributed by atoms with Crippen molar-refractivity contribution in [1.82, 2.24) is 30.2 Å². The predicted octanol–water partition coefficient (Wildman–Crippen LogP) is 6.87. The second-order valence-corrected chi connectivity index (χ2v) is 12.8. The van der Waals surface area contributed by atoms with Gasteiger partial charge in [0.2, 0.25) is 0 Å². The van der Waals surface area contributed by atoms with E-state index in [-0.39, 0.29) is 33.2 Å². The number of pyridine rings is 2. The Balaban J connectivity index is 1.07. The van der Waals surface area contributed by atoms with Gasteiger partial charge < -0.3 is 15.0 Å². The van der Waals surface area contributed by atoms with E-state index in [9.17, 15) is 4.79 Å². The summed E-state index contributed by atoms with van der Waals surface area (Å²) in [5.74, 6) is 0.972. The molecule has 2 N–H and O–H groups in total. The summed E-state index contributed by atoms with van der Waals surface area (Å²) in [6, 6.07) is 12.8. The summed E-state index contributed by atoms with van der Waals surface area (Å²) < 4.78 is 5.70. The van der Waals surface area contributed by atoms with Crippen molar-refractivity contribution in [3.63, 3.8) is 0 Å². The molecule has 8 nitrogen and oxygen atoms in total. The number of aryl methyl sites for hydroxylation is 1. The number of methoxy groups -OCH3 is 1. The Hall–Kier alpha value is -3.82. The molecule has 0 spiro atoms. The quantitative estimate of drug-likeness (QED) is 0.196. The molecule has 230 valence electrons. The molecule has 4 aromatic rings. The first-order valence-electron chi connectivity index (χ1n) is 15.3. The Morgan fingerprint density at radius 1 is 1.09 bits per heavy atom. The highest BCUT2D eigenvalue weighted by Crippen LogP contribution is 2.52. The minimum Gasteiger partial charge on any atom is -0.374 e. The fraction of sp³-hybridized carbons (Fsp3) is 0.314. The van der Waals surface area contributed by atoms with Crippen molar-refractivity contribution >= 4 is 34.7 Å². The van der Waals surface area contributed by atoms with Crippen LogP contribution in [-0.2, 0) is 30.8 Å². The maximum atomic E-state index is 12.7. The molecular weight excluding hydrogens is 607 g/mol. The van der Waals surface area contributed by atoms with Crippen LogP contribution in [0.4, 0.5) is 0 Å². The molecule has 0 bridgehead atoms. The maximum absolute atomic E-state index is 12.7. The van der Waals surface area contributed by atoms with Crippen LogP contribution in [0.3, 0.4) is 0 Å². The molecule has 1 fully saturated rings. The van der Waals surface area contributed by atoms with Crippen molar-refractivity contribution in [3.05, 3.63) is 129 Å². The zero-order chi connectivity index (χ0) is 31.0. The van der Waals surface area contributed by atoms with E-state index < -0.39 is 0 Å². The number of H-pyrrole nitrogens is 1. The third kappa shape index (κ3) is 6.20. The van der Waals surface area contributed by atoms with Crippen molar-refractivity contribution in [3.8, 4) is 0 Å². The van der Waals surface area contributed by atoms with Gasteiger partial charge in [0, 0.05) is 68.7 Å². The largest absolute Gasteiger partial charge is 0.374 e. The molecule has 3 unspecified atom stereocenters. The number of nitrogens with one attached hydrogen (secondary N) is 2. The van der Waals surface area contributed by atoms with Crippen LogP contribution in [-0.4, -0.2) is 43.5 Å². The van der Waals surface area contributed by atoms with Crippen LogP contribution in [0, 0.1) is 5.92 Å². The molecule has 1 amide bonds. The second-order valence-electron chi connectivity index (χ2n) is 12.0. The highest BCUT2D eigenvalue weighted by atomic mass is 35.5. The lowest BCUT2D eigenvalue weighted by atomic mass is 9.90. The first-order valence-corrected chi connectivity index (χ1v) is 16.0. The number of nitrogens with zero attached hydrogens (tertiary/aromatic N) is 4. The average molecular weight is 642 g/mol. The van der Waals surface area contributed by atoms with Crippen LogP contribution in [0.15, 0.2) is 79.4 Å². The fourth-order valence-corrected chi connectivity index (χ4v) is 7.09. The van der Waals surface area contributed by atoms with Gasteiger partial charge >= 0.3 is 0 Å². The number of benzene rings is 1. The van der Waals surface area contributed by atoms with E-state index in [1.165, 1.54) is 29.2 Å². The Morgan fingerprint density at radius 3 is 2.67 bits per heavy atom.